The third-order valence-corrected chi connectivity index (χ3v) is 1.75. The van der Waals surface area contributed by atoms with E-state index in [4.69, 9.17) is 5.11 Å². The van der Waals surface area contributed by atoms with Gasteiger partial charge in [0.2, 0.25) is 0 Å². The zero-order chi connectivity index (χ0) is 6.85. The highest BCUT2D eigenvalue weighted by Crippen LogP contribution is 2.13. The van der Waals surface area contributed by atoms with Crippen molar-refractivity contribution in [3.05, 3.63) is 0 Å². The zero-order valence-electron chi connectivity index (χ0n) is 5.50. The average molecular weight is 129 g/mol. The predicted octanol–water partition coefficient (Wildman–Crippen LogP) is 0.0227. The molecule has 0 saturated carbocycles. The topological polar surface area (TPSA) is 40.5 Å². The maximum Gasteiger partial charge on any atom is 0.309 e. The number of rotatable bonds is 2. The molecule has 0 bridgehead atoms. The molecule has 0 spiro atoms. The van der Waals surface area contributed by atoms with Crippen LogP contribution >= 0.6 is 0 Å². The van der Waals surface area contributed by atoms with Gasteiger partial charge in [-0.2, -0.15) is 0 Å². The van der Waals surface area contributed by atoms with E-state index >= 15 is 0 Å². The Hall–Kier alpha value is -0.570. The molecule has 0 aromatic heterocycles. The van der Waals surface area contributed by atoms with Gasteiger partial charge < -0.3 is 10.0 Å². The van der Waals surface area contributed by atoms with E-state index in [2.05, 4.69) is 4.90 Å². The molecule has 1 rings (SSSR count). The van der Waals surface area contributed by atoms with Crippen molar-refractivity contribution in [3.63, 3.8) is 0 Å². The lowest BCUT2D eigenvalue weighted by Crippen LogP contribution is -2.49. The van der Waals surface area contributed by atoms with Gasteiger partial charge in [0.25, 0.3) is 0 Å². The number of hydrogen-bond donors (Lipinski definition) is 1. The lowest BCUT2D eigenvalue weighted by atomic mass is 10.0. The Kier molecular flexibility index (Phi) is 1.71. The molecule has 3 nitrogen and oxygen atoms in total. The normalized spacial score (nSPS) is 21.4. The minimum Gasteiger partial charge on any atom is -0.481 e. The number of carboxylic acid groups (broad SMARTS) is 1. The summed E-state index contributed by atoms with van der Waals surface area (Å²) >= 11 is 0. The summed E-state index contributed by atoms with van der Waals surface area (Å²) in [6.07, 6.45) is 0. The monoisotopic (exact) mass is 129 g/mol. The van der Waals surface area contributed by atoms with Crippen molar-refractivity contribution in [1.82, 2.24) is 4.90 Å². The highest BCUT2D eigenvalue weighted by molar-refractivity contribution is 5.71. The standard InChI is InChI=1S/C6H11NO2/c1-2-7-3-5(4-7)6(8)9/h5H,2-4H2,1H3,(H,8,9). The Balaban J connectivity index is 2.19. The van der Waals surface area contributed by atoms with Gasteiger partial charge in [-0.15, -0.1) is 0 Å². The summed E-state index contributed by atoms with van der Waals surface area (Å²) in [6.45, 7) is 4.50. The Bertz CT molecular complexity index is 118. The molecule has 1 aliphatic heterocycles. The van der Waals surface area contributed by atoms with Crippen molar-refractivity contribution < 1.29 is 9.90 Å². The van der Waals surface area contributed by atoms with Crippen LogP contribution in [-0.2, 0) is 4.79 Å². The second kappa shape index (κ2) is 2.35. The van der Waals surface area contributed by atoms with E-state index in [1.54, 1.807) is 0 Å². The van der Waals surface area contributed by atoms with Crippen molar-refractivity contribution in [2.24, 2.45) is 5.92 Å². The van der Waals surface area contributed by atoms with E-state index in [9.17, 15) is 4.79 Å². The van der Waals surface area contributed by atoms with Gasteiger partial charge in [-0.05, 0) is 6.54 Å². The van der Waals surface area contributed by atoms with Crippen molar-refractivity contribution in [2.45, 2.75) is 6.92 Å². The minimum atomic E-state index is -0.653. The molecule has 0 radical (unpaired) electrons. The van der Waals surface area contributed by atoms with Gasteiger partial charge in [0, 0.05) is 13.1 Å². The molecule has 0 atom stereocenters. The lowest BCUT2D eigenvalue weighted by molar-refractivity contribution is -0.147. The first kappa shape index (κ1) is 6.55. The third kappa shape index (κ3) is 1.21. The fourth-order valence-corrected chi connectivity index (χ4v) is 0.984. The van der Waals surface area contributed by atoms with Crippen molar-refractivity contribution >= 4 is 5.97 Å². The third-order valence-electron chi connectivity index (χ3n) is 1.75. The molecule has 0 aliphatic carbocycles. The largest absolute Gasteiger partial charge is 0.481 e. The van der Waals surface area contributed by atoms with Gasteiger partial charge in [-0.25, -0.2) is 0 Å². The smallest absolute Gasteiger partial charge is 0.309 e. The summed E-state index contributed by atoms with van der Waals surface area (Å²) in [4.78, 5) is 12.3. The van der Waals surface area contributed by atoms with Crippen LogP contribution in [0.5, 0.6) is 0 Å². The van der Waals surface area contributed by atoms with Crippen molar-refractivity contribution in [1.29, 1.82) is 0 Å². The fourth-order valence-electron chi connectivity index (χ4n) is 0.984. The maximum atomic E-state index is 10.2. The second-order valence-corrected chi connectivity index (χ2v) is 2.39. The molecule has 52 valence electrons. The number of likely N-dealkylation sites (tertiary alicyclic amines) is 1. The molecule has 0 unspecified atom stereocenters. The van der Waals surface area contributed by atoms with Crippen molar-refractivity contribution in [2.75, 3.05) is 19.6 Å². The molecular weight excluding hydrogens is 118 g/mol. The quantitative estimate of drug-likeness (QED) is 0.571. The first-order valence-electron chi connectivity index (χ1n) is 3.19. The zero-order valence-corrected chi connectivity index (χ0v) is 5.50. The van der Waals surface area contributed by atoms with Crippen LogP contribution < -0.4 is 0 Å². The van der Waals surface area contributed by atoms with E-state index in [0.717, 1.165) is 19.6 Å². The molecular formula is C6H11NO2. The van der Waals surface area contributed by atoms with Crippen LogP contribution in [0.4, 0.5) is 0 Å². The minimum absolute atomic E-state index is 0.0926. The molecule has 1 N–H and O–H groups in total. The first-order valence-corrected chi connectivity index (χ1v) is 3.19. The summed E-state index contributed by atoms with van der Waals surface area (Å²) in [6, 6.07) is 0. The van der Waals surface area contributed by atoms with Crippen molar-refractivity contribution in [3.8, 4) is 0 Å². The van der Waals surface area contributed by atoms with Crippen LogP contribution in [0.3, 0.4) is 0 Å². The molecule has 1 fully saturated rings. The first-order chi connectivity index (χ1) is 4.24. The van der Waals surface area contributed by atoms with Gasteiger partial charge in [0.05, 0.1) is 5.92 Å². The fraction of sp³-hybridized carbons (Fsp3) is 0.833. The molecule has 0 aromatic rings. The molecule has 1 saturated heterocycles. The van der Waals surface area contributed by atoms with Gasteiger partial charge in [-0.1, -0.05) is 6.92 Å². The van der Waals surface area contributed by atoms with Gasteiger partial charge in [0.15, 0.2) is 0 Å². The Morgan fingerprint density at radius 2 is 2.33 bits per heavy atom. The number of aliphatic carboxylic acids is 1. The summed E-state index contributed by atoms with van der Waals surface area (Å²) in [7, 11) is 0. The summed E-state index contributed by atoms with van der Waals surface area (Å²) in [5.74, 6) is -0.746. The second-order valence-electron chi connectivity index (χ2n) is 2.39. The molecule has 1 heterocycles. The Morgan fingerprint density at radius 1 is 1.78 bits per heavy atom. The van der Waals surface area contributed by atoms with Gasteiger partial charge >= 0.3 is 5.97 Å². The Labute approximate surface area is 54.3 Å². The van der Waals surface area contributed by atoms with Crippen LogP contribution in [0.25, 0.3) is 0 Å². The van der Waals surface area contributed by atoms with Crippen LogP contribution in [0, 0.1) is 5.92 Å². The van der Waals surface area contributed by atoms with E-state index in [-0.39, 0.29) is 5.92 Å². The van der Waals surface area contributed by atoms with Crippen LogP contribution in [0.2, 0.25) is 0 Å². The van der Waals surface area contributed by atoms with Gasteiger partial charge in [-0.3, -0.25) is 4.79 Å². The molecule has 0 amide bonds. The summed E-state index contributed by atoms with van der Waals surface area (Å²) in [5.41, 5.74) is 0. The summed E-state index contributed by atoms with van der Waals surface area (Å²) in [5, 5.41) is 8.42. The maximum absolute atomic E-state index is 10.2. The molecule has 0 aromatic carbocycles. The van der Waals surface area contributed by atoms with Crippen LogP contribution in [0.1, 0.15) is 6.92 Å². The number of carboxylic acids is 1. The van der Waals surface area contributed by atoms with Crippen LogP contribution in [0.15, 0.2) is 0 Å². The Morgan fingerprint density at radius 3 is 2.67 bits per heavy atom. The van der Waals surface area contributed by atoms with E-state index in [1.807, 2.05) is 6.92 Å². The number of nitrogens with zero attached hydrogens (tertiary/aromatic N) is 1. The van der Waals surface area contributed by atoms with Crippen LogP contribution in [-0.4, -0.2) is 35.6 Å². The average Bonchev–Trinajstić information content (AvgIpc) is 1.61. The van der Waals surface area contributed by atoms with Gasteiger partial charge in [0.1, 0.15) is 0 Å². The predicted molar refractivity (Wildman–Crippen MR) is 33.2 cm³/mol. The highest BCUT2D eigenvalue weighted by atomic mass is 16.4. The van der Waals surface area contributed by atoms with E-state index in [0.29, 0.717) is 0 Å². The van der Waals surface area contributed by atoms with E-state index < -0.39 is 5.97 Å². The molecule has 3 heteroatoms. The SMILES string of the molecule is CCN1CC(C(=O)O)C1. The molecule has 9 heavy (non-hydrogen) atoms. The number of hydrogen-bond acceptors (Lipinski definition) is 2. The van der Waals surface area contributed by atoms with E-state index in [1.165, 1.54) is 0 Å². The summed E-state index contributed by atoms with van der Waals surface area (Å²) < 4.78 is 0. The lowest BCUT2D eigenvalue weighted by Gasteiger charge is -2.35. The highest BCUT2D eigenvalue weighted by Gasteiger charge is 2.30. The number of carbonyl (C=O) groups is 1. The molecule has 1 aliphatic rings.